The minimum Gasteiger partial charge on any atom is -0.461 e. The fourth-order valence-electron chi connectivity index (χ4n) is 2.00. The third-order valence-corrected chi connectivity index (χ3v) is 4.37. The van der Waals surface area contributed by atoms with E-state index in [0.717, 1.165) is 5.56 Å². The summed E-state index contributed by atoms with van der Waals surface area (Å²) in [6.07, 6.45) is -0.511. The summed E-state index contributed by atoms with van der Waals surface area (Å²) in [4.78, 5) is 11.8. The van der Waals surface area contributed by atoms with Crippen LogP contribution in [-0.4, -0.2) is 5.97 Å². The Hall–Kier alpha value is -2.08. The number of halogens is 2. The maximum absolute atomic E-state index is 12.0. The monoisotopic (exact) mass is 356 g/mol. The number of benzene rings is 2. The maximum atomic E-state index is 12.0. The molecule has 0 amide bonds. The number of esters is 1. The van der Waals surface area contributed by atoms with Gasteiger partial charge in [-0.15, -0.1) is 9.46 Å². The summed E-state index contributed by atoms with van der Waals surface area (Å²) >= 11 is 0. The molecule has 0 unspecified atom stereocenters. The predicted molar refractivity (Wildman–Crippen MR) is 82.1 cm³/mol. The zero-order chi connectivity index (χ0) is 17.4. The number of hydrogen-bond donors (Lipinski definition) is 0. The largest absolute Gasteiger partial charge is 0.461 e. The Kier molecular flexibility index (Phi) is 6.61. The number of ether oxygens (including phenoxy) is 1. The summed E-state index contributed by atoms with van der Waals surface area (Å²) in [6, 6.07) is 15.4. The van der Waals surface area contributed by atoms with Gasteiger partial charge in [-0.3, -0.25) is 9.36 Å². The molecule has 0 aliphatic rings. The van der Waals surface area contributed by atoms with Gasteiger partial charge < -0.3 is 4.74 Å². The van der Waals surface area contributed by atoms with Crippen molar-refractivity contribution in [2.45, 2.75) is 19.2 Å². The summed E-state index contributed by atoms with van der Waals surface area (Å²) in [7, 11) is -4.42. The molecular formula is C16H15F2O5P. The molecular weight excluding hydrogens is 341 g/mol. The van der Waals surface area contributed by atoms with Crippen molar-refractivity contribution in [3.05, 3.63) is 71.3 Å². The van der Waals surface area contributed by atoms with Crippen LogP contribution in [0.4, 0.5) is 9.05 Å². The first-order valence-corrected chi connectivity index (χ1v) is 8.74. The van der Waals surface area contributed by atoms with Gasteiger partial charge in [0.05, 0.1) is 12.6 Å². The molecule has 0 radical (unpaired) electrons. The van der Waals surface area contributed by atoms with E-state index >= 15 is 0 Å². The van der Waals surface area contributed by atoms with Crippen molar-refractivity contribution in [2.75, 3.05) is 0 Å². The van der Waals surface area contributed by atoms with E-state index in [0.29, 0.717) is 11.1 Å². The predicted octanol–water partition coefficient (Wildman–Crippen LogP) is 4.47. The summed E-state index contributed by atoms with van der Waals surface area (Å²) in [5.74, 6) is -0.406. The highest BCUT2D eigenvalue weighted by Gasteiger charge is 2.27. The normalized spacial score (nSPS) is 11.2. The van der Waals surface area contributed by atoms with Gasteiger partial charge in [-0.1, -0.05) is 54.6 Å². The van der Waals surface area contributed by atoms with Crippen LogP contribution >= 0.6 is 7.60 Å². The van der Waals surface area contributed by atoms with E-state index < -0.39 is 19.7 Å². The molecule has 0 aromatic heterocycles. The molecule has 8 heteroatoms. The van der Waals surface area contributed by atoms with Crippen LogP contribution in [0.15, 0.2) is 54.6 Å². The Morgan fingerprint density at radius 1 is 0.875 bits per heavy atom. The van der Waals surface area contributed by atoms with E-state index in [2.05, 4.69) is 9.46 Å². The third kappa shape index (κ3) is 5.53. The molecule has 0 bridgehead atoms. The van der Waals surface area contributed by atoms with Gasteiger partial charge in [-0.25, -0.2) is 0 Å². The van der Waals surface area contributed by atoms with Gasteiger partial charge in [0.15, 0.2) is 0 Å². The van der Waals surface area contributed by atoms with E-state index in [4.69, 9.17) is 4.74 Å². The molecule has 0 aliphatic heterocycles. The standard InChI is InChI=1S/C16H15F2O5P/c17-22-24(20,23-18)12-15-8-6-13(7-9-15)10-16(19)21-11-14-4-2-1-3-5-14/h1-9H,10-12H2. The minimum absolute atomic E-state index is 0.0456. The van der Waals surface area contributed by atoms with Crippen LogP contribution in [0.3, 0.4) is 0 Å². The molecule has 0 atom stereocenters. The Balaban J connectivity index is 1.87. The van der Waals surface area contributed by atoms with Gasteiger partial charge in [0, 0.05) is 0 Å². The number of carbonyl (C=O) groups is 1. The van der Waals surface area contributed by atoms with Crippen molar-refractivity contribution in [2.24, 2.45) is 0 Å². The Morgan fingerprint density at radius 2 is 1.46 bits per heavy atom. The van der Waals surface area contributed by atoms with Gasteiger partial charge >= 0.3 is 13.6 Å². The highest BCUT2D eigenvalue weighted by Crippen LogP contribution is 2.52. The lowest BCUT2D eigenvalue weighted by molar-refractivity contribution is -0.144. The Bertz CT molecular complexity index is 698. The lowest BCUT2D eigenvalue weighted by Crippen LogP contribution is -2.08. The summed E-state index contributed by atoms with van der Waals surface area (Å²) < 4.78 is 46.6. The minimum atomic E-state index is -4.42. The van der Waals surface area contributed by atoms with E-state index in [1.807, 2.05) is 30.3 Å². The van der Waals surface area contributed by atoms with Crippen LogP contribution < -0.4 is 0 Å². The lowest BCUT2D eigenvalue weighted by atomic mass is 10.1. The van der Waals surface area contributed by atoms with E-state index in [-0.39, 0.29) is 13.0 Å². The lowest BCUT2D eigenvalue weighted by Gasteiger charge is -2.08. The third-order valence-electron chi connectivity index (χ3n) is 3.20. The summed E-state index contributed by atoms with van der Waals surface area (Å²) in [6.45, 7) is 0.183. The molecule has 5 nitrogen and oxygen atoms in total. The SMILES string of the molecule is O=C(Cc1ccc(CP(=O)(OF)OF)cc1)OCc1ccccc1. The summed E-state index contributed by atoms with van der Waals surface area (Å²) in [5, 5.41) is 0. The molecule has 0 N–H and O–H groups in total. The number of carbonyl (C=O) groups excluding carboxylic acids is 1. The molecule has 2 rings (SSSR count). The van der Waals surface area contributed by atoms with Crippen LogP contribution in [0.2, 0.25) is 0 Å². The second kappa shape index (κ2) is 8.68. The highest BCUT2D eigenvalue weighted by atomic mass is 31.2. The quantitative estimate of drug-likeness (QED) is 0.516. The van der Waals surface area contributed by atoms with Crippen molar-refractivity contribution in [3.8, 4) is 0 Å². The van der Waals surface area contributed by atoms with Gasteiger partial charge in [0.2, 0.25) is 0 Å². The molecule has 0 spiro atoms. The second-order valence-electron chi connectivity index (χ2n) is 5.05. The fraction of sp³-hybridized carbons (Fsp3) is 0.188. The van der Waals surface area contributed by atoms with Gasteiger partial charge in [0.1, 0.15) is 6.61 Å². The fourth-order valence-corrected chi connectivity index (χ4v) is 2.78. The average molecular weight is 356 g/mol. The molecule has 2 aromatic carbocycles. The Labute approximate surface area is 137 Å². The van der Waals surface area contributed by atoms with E-state index in [1.165, 1.54) is 12.1 Å². The number of rotatable bonds is 8. The zero-order valence-corrected chi connectivity index (χ0v) is 13.5. The van der Waals surface area contributed by atoms with Gasteiger partial charge in [-0.05, 0) is 25.7 Å². The van der Waals surface area contributed by atoms with Crippen molar-refractivity contribution in [3.63, 3.8) is 0 Å². The summed E-state index contributed by atoms with van der Waals surface area (Å²) in [5.41, 5.74) is 1.87. The smallest absolute Gasteiger partial charge is 0.399 e. The van der Waals surface area contributed by atoms with Crippen LogP contribution in [-0.2, 0) is 42.7 Å². The van der Waals surface area contributed by atoms with Crippen molar-refractivity contribution in [1.29, 1.82) is 0 Å². The van der Waals surface area contributed by atoms with Gasteiger partial charge in [-0.2, -0.15) is 0 Å². The molecule has 0 heterocycles. The second-order valence-corrected chi connectivity index (χ2v) is 6.86. The molecule has 2 aromatic rings. The van der Waals surface area contributed by atoms with Crippen molar-refractivity contribution in [1.82, 2.24) is 0 Å². The van der Waals surface area contributed by atoms with Crippen molar-refractivity contribution >= 4 is 13.6 Å². The topological polar surface area (TPSA) is 61.8 Å². The average Bonchev–Trinajstić information content (AvgIpc) is 2.62. The Morgan fingerprint density at radius 3 is 2.04 bits per heavy atom. The first-order chi connectivity index (χ1) is 11.5. The zero-order valence-electron chi connectivity index (χ0n) is 12.6. The molecule has 24 heavy (non-hydrogen) atoms. The van der Waals surface area contributed by atoms with Crippen LogP contribution in [0.1, 0.15) is 16.7 Å². The highest BCUT2D eigenvalue weighted by molar-refractivity contribution is 7.52. The number of hydrogen-bond acceptors (Lipinski definition) is 5. The molecule has 0 saturated carbocycles. The molecule has 0 fully saturated rings. The van der Waals surface area contributed by atoms with E-state index in [9.17, 15) is 18.4 Å². The first kappa shape index (κ1) is 18.3. The molecule has 0 saturated heterocycles. The molecule has 128 valence electrons. The molecule has 0 aliphatic carbocycles. The van der Waals surface area contributed by atoms with Crippen molar-refractivity contribution < 1.29 is 32.6 Å². The van der Waals surface area contributed by atoms with E-state index in [1.54, 1.807) is 12.1 Å². The van der Waals surface area contributed by atoms with Crippen LogP contribution in [0, 0.1) is 0 Å². The van der Waals surface area contributed by atoms with Gasteiger partial charge in [0.25, 0.3) is 0 Å². The van der Waals surface area contributed by atoms with Crippen LogP contribution in [0.25, 0.3) is 0 Å². The van der Waals surface area contributed by atoms with Crippen LogP contribution in [0.5, 0.6) is 0 Å². The maximum Gasteiger partial charge on any atom is 0.399 e. The first-order valence-electron chi connectivity index (χ1n) is 7.02.